The van der Waals surface area contributed by atoms with Crippen LogP contribution in [0.1, 0.15) is 24.0 Å². The number of carbonyl (C=O) groups is 4. The predicted octanol–water partition coefficient (Wildman–Crippen LogP) is 2.23. The number of hydrogen-bond donors (Lipinski definition) is 2. The quantitative estimate of drug-likeness (QED) is 0.424. The highest BCUT2D eigenvalue weighted by molar-refractivity contribution is 6.30. The summed E-state index contributed by atoms with van der Waals surface area (Å²) in [5.74, 6) is -2.47. The maximum absolute atomic E-state index is 13.7. The molecule has 2 aromatic rings. The molecule has 1 aliphatic rings. The average Bonchev–Trinajstić information content (AvgIpc) is 2.90. The van der Waals surface area contributed by atoms with Crippen LogP contribution in [0.5, 0.6) is 0 Å². The lowest BCUT2D eigenvalue weighted by Crippen LogP contribution is -2.63. The van der Waals surface area contributed by atoms with Gasteiger partial charge in [0.2, 0.25) is 23.6 Å². The molecule has 1 heterocycles. The van der Waals surface area contributed by atoms with E-state index in [2.05, 4.69) is 5.32 Å². The molecule has 0 spiro atoms. The minimum atomic E-state index is -1.02. The molecule has 2 unspecified atom stereocenters. The monoisotopic (exact) mass is 547 g/mol. The van der Waals surface area contributed by atoms with E-state index in [4.69, 9.17) is 17.3 Å². The van der Waals surface area contributed by atoms with Crippen molar-refractivity contribution in [2.24, 2.45) is 5.73 Å². The van der Waals surface area contributed by atoms with Crippen LogP contribution in [0.2, 0.25) is 5.02 Å². The summed E-state index contributed by atoms with van der Waals surface area (Å²) in [5.41, 5.74) is 6.77. The van der Waals surface area contributed by atoms with E-state index in [1.165, 1.54) is 28.4 Å². The number of nitrogens with one attached hydrogen (secondary N) is 1. The maximum Gasteiger partial charge on any atom is 0.246 e. The number of primary amides is 1. The number of alkyl halides is 1. The molecule has 2 aromatic carbocycles. The molecule has 1 saturated heterocycles. The third kappa shape index (κ3) is 7.98. The van der Waals surface area contributed by atoms with Gasteiger partial charge < -0.3 is 20.9 Å². The molecule has 0 aromatic heterocycles. The largest absolute Gasteiger partial charge is 0.370 e. The van der Waals surface area contributed by atoms with Crippen molar-refractivity contribution in [3.05, 3.63) is 76.9 Å². The van der Waals surface area contributed by atoms with Gasteiger partial charge in [0.25, 0.3) is 0 Å². The van der Waals surface area contributed by atoms with Crippen molar-refractivity contribution in [1.82, 2.24) is 15.1 Å². The van der Waals surface area contributed by atoms with E-state index in [0.29, 0.717) is 10.6 Å². The van der Waals surface area contributed by atoms with Gasteiger partial charge >= 0.3 is 0 Å². The van der Waals surface area contributed by atoms with Crippen LogP contribution in [0.3, 0.4) is 0 Å². The van der Waals surface area contributed by atoms with Gasteiger partial charge in [-0.05, 0) is 48.2 Å². The van der Waals surface area contributed by atoms with Crippen LogP contribution in [0.15, 0.2) is 48.5 Å². The lowest BCUT2D eigenvalue weighted by molar-refractivity contribution is -0.155. The summed E-state index contributed by atoms with van der Waals surface area (Å²) in [6, 6.07) is 10.5. The van der Waals surface area contributed by atoms with E-state index in [9.17, 15) is 28.0 Å². The summed E-state index contributed by atoms with van der Waals surface area (Å²) < 4.78 is 26.0. The second-order valence-electron chi connectivity index (χ2n) is 8.95. The van der Waals surface area contributed by atoms with Crippen LogP contribution >= 0.6 is 11.6 Å². The Kier molecular flexibility index (Phi) is 10.6. The van der Waals surface area contributed by atoms with E-state index < -0.39 is 48.2 Å². The first-order valence-electron chi connectivity index (χ1n) is 12.2. The van der Waals surface area contributed by atoms with Gasteiger partial charge in [-0.2, -0.15) is 0 Å². The molecule has 8 nitrogen and oxygen atoms in total. The van der Waals surface area contributed by atoms with Crippen molar-refractivity contribution in [2.45, 2.75) is 37.8 Å². The topological polar surface area (TPSA) is 113 Å². The minimum Gasteiger partial charge on any atom is -0.370 e. The van der Waals surface area contributed by atoms with E-state index >= 15 is 0 Å². The predicted molar refractivity (Wildman–Crippen MR) is 138 cm³/mol. The van der Waals surface area contributed by atoms with Crippen LogP contribution in [0.25, 0.3) is 0 Å². The summed E-state index contributed by atoms with van der Waals surface area (Å²) >= 11 is 5.97. The Balaban J connectivity index is 1.80. The summed E-state index contributed by atoms with van der Waals surface area (Å²) in [4.78, 5) is 54.0. The molecule has 203 valence electrons. The zero-order chi connectivity index (χ0) is 27.7. The standard InChI is InChI=1S/C27H30ClF2N4O4/c28-20-6-1-19(2-7-20)17-23(26(37)32-14-13-29)34-16-15-33(22(27(34)38)10-11-24(31)35)25(36)12-5-18-3-8-21(30)9-4-18/h1-4,6-9,12,22-23H,5,10-11,13-17H2,(H2,31,35)(H,32,37). The smallest absolute Gasteiger partial charge is 0.246 e. The van der Waals surface area contributed by atoms with Crippen LogP contribution in [0.4, 0.5) is 8.78 Å². The Labute approximate surface area is 225 Å². The van der Waals surface area contributed by atoms with Gasteiger partial charge in [0.05, 0.1) is 6.42 Å². The highest BCUT2D eigenvalue weighted by atomic mass is 35.5. The number of piperazine rings is 1. The molecular formula is C27H30ClF2N4O4. The third-order valence-corrected chi connectivity index (χ3v) is 6.57. The van der Waals surface area contributed by atoms with Crippen molar-refractivity contribution in [3.63, 3.8) is 0 Å². The summed E-state index contributed by atoms with van der Waals surface area (Å²) in [5, 5.41) is 3.01. The Morgan fingerprint density at radius 1 is 1.08 bits per heavy atom. The third-order valence-electron chi connectivity index (χ3n) is 6.31. The van der Waals surface area contributed by atoms with Crippen molar-refractivity contribution < 1.29 is 28.0 Å². The van der Waals surface area contributed by atoms with Gasteiger partial charge in [0.1, 0.15) is 24.6 Å². The van der Waals surface area contributed by atoms with Crippen LogP contribution < -0.4 is 11.1 Å². The second kappa shape index (κ2) is 13.9. The molecule has 1 fully saturated rings. The van der Waals surface area contributed by atoms with E-state index in [-0.39, 0.29) is 45.3 Å². The van der Waals surface area contributed by atoms with Crippen molar-refractivity contribution in [1.29, 1.82) is 0 Å². The Bertz CT molecular complexity index is 1130. The van der Waals surface area contributed by atoms with Crippen LogP contribution in [0, 0.1) is 12.2 Å². The average molecular weight is 548 g/mol. The van der Waals surface area contributed by atoms with E-state index in [1.807, 2.05) is 0 Å². The summed E-state index contributed by atoms with van der Waals surface area (Å²) in [6.07, 6.45) is 1.62. The number of nitrogens with two attached hydrogens (primary N) is 1. The second-order valence-corrected chi connectivity index (χ2v) is 9.38. The molecule has 0 saturated carbocycles. The van der Waals surface area contributed by atoms with Gasteiger partial charge in [-0.3, -0.25) is 19.2 Å². The lowest BCUT2D eigenvalue weighted by Gasteiger charge is -2.43. The minimum absolute atomic E-state index is 0.0133. The molecular weight excluding hydrogens is 518 g/mol. The molecule has 3 rings (SSSR count). The first kappa shape index (κ1) is 29.0. The molecule has 4 amide bonds. The normalized spacial score (nSPS) is 16.3. The Morgan fingerprint density at radius 2 is 1.74 bits per heavy atom. The zero-order valence-corrected chi connectivity index (χ0v) is 21.5. The first-order valence-corrected chi connectivity index (χ1v) is 12.6. The molecule has 0 aliphatic carbocycles. The highest BCUT2D eigenvalue weighted by Gasteiger charge is 2.41. The number of nitrogens with zero attached hydrogens (tertiary/aromatic N) is 2. The highest BCUT2D eigenvalue weighted by Crippen LogP contribution is 2.22. The number of benzene rings is 2. The zero-order valence-electron chi connectivity index (χ0n) is 20.7. The maximum atomic E-state index is 13.7. The Morgan fingerprint density at radius 3 is 2.37 bits per heavy atom. The molecule has 2 atom stereocenters. The van der Waals surface area contributed by atoms with Crippen LogP contribution in [-0.4, -0.2) is 71.8 Å². The van der Waals surface area contributed by atoms with Gasteiger partial charge in [-0.15, -0.1) is 0 Å². The van der Waals surface area contributed by atoms with Gasteiger partial charge in [0.15, 0.2) is 0 Å². The fraction of sp³-hybridized carbons (Fsp3) is 0.370. The van der Waals surface area contributed by atoms with Crippen molar-refractivity contribution >= 4 is 35.2 Å². The van der Waals surface area contributed by atoms with Gasteiger partial charge in [-0.1, -0.05) is 35.9 Å². The molecule has 1 radical (unpaired) electrons. The number of rotatable bonds is 12. The molecule has 38 heavy (non-hydrogen) atoms. The number of amides is 4. The number of hydrogen-bond acceptors (Lipinski definition) is 4. The fourth-order valence-electron chi connectivity index (χ4n) is 4.36. The van der Waals surface area contributed by atoms with E-state index in [0.717, 1.165) is 5.56 Å². The van der Waals surface area contributed by atoms with Gasteiger partial charge in [0, 0.05) is 37.5 Å². The number of carbonyl (C=O) groups excluding carboxylic acids is 4. The van der Waals surface area contributed by atoms with Gasteiger partial charge in [-0.25, -0.2) is 8.78 Å². The molecule has 3 N–H and O–H groups in total. The first-order chi connectivity index (χ1) is 18.2. The molecule has 1 aliphatic heterocycles. The number of halogens is 3. The molecule has 11 heteroatoms. The SMILES string of the molecule is NC(=O)CCC1C(=O)N(C(Cc2ccc(Cl)cc2)C(=O)NCCF)CCN1C(=O)[CH]Cc1ccc(F)cc1. The van der Waals surface area contributed by atoms with E-state index in [1.54, 1.807) is 36.4 Å². The Hall–Kier alpha value is -3.53. The summed E-state index contributed by atoms with van der Waals surface area (Å²) in [6.45, 7) is -0.794. The van der Waals surface area contributed by atoms with Crippen molar-refractivity contribution in [2.75, 3.05) is 26.3 Å². The lowest BCUT2D eigenvalue weighted by atomic mass is 9.98. The van der Waals surface area contributed by atoms with Crippen LogP contribution in [-0.2, 0) is 32.0 Å². The fourth-order valence-corrected chi connectivity index (χ4v) is 4.48. The van der Waals surface area contributed by atoms with Crippen molar-refractivity contribution in [3.8, 4) is 0 Å². The summed E-state index contributed by atoms with van der Waals surface area (Å²) in [7, 11) is 0. The molecule has 0 bridgehead atoms.